The highest BCUT2D eigenvalue weighted by molar-refractivity contribution is 5.94. The molecule has 1 aromatic rings. The van der Waals surface area contributed by atoms with E-state index < -0.39 is 0 Å². The monoisotopic (exact) mass is 231 g/mol. The van der Waals surface area contributed by atoms with Gasteiger partial charge in [0.05, 0.1) is 0 Å². The molecule has 0 bridgehead atoms. The Morgan fingerprint density at radius 2 is 1.59 bits per heavy atom. The Morgan fingerprint density at radius 1 is 1.06 bits per heavy atom. The lowest BCUT2D eigenvalue weighted by Crippen LogP contribution is -2.50. The van der Waals surface area contributed by atoms with Gasteiger partial charge in [0.25, 0.3) is 5.91 Å². The number of carbonyl (C=O) groups is 2. The molecule has 0 unspecified atom stereocenters. The summed E-state index contributed by atoms with van der Waals surface area (Å²) in [5, 5.41) is 0. The average Bonchev–Trinajstić information content (AvgIpc) is 2.39. The minimum Gasteiger partial charge on any atom is -0.339 e. The van der Waals surface area contributed by atoms with Crippen molar-refractivity contribution in [1.82, 2.24) is 9.80 Å². The van der Waals surface area contributed by atoms with Crippen molar-refractivity contribution in [3.8, 4) is 0 Å². The molecule has 89 valence electrons. The number of hydrogen-bond donors (Lipinski definition) is 0. The maximum Gasteiger partial charge on any atom is 0.253 e. The second-order valence-electron chi connectivity index (χ2n) is 4.09. The summed E-state index contributed by atoms with van der Waals surface area (Å²) in [4.78, 5) is 26.8. The maximum atomic E-state index is 12.1. The first kappa shape index (κ1) is 11.6. The SMILES string of the molecule is CC(=O)N1CCN(C(=O)c2cc[c]cc2)CC1. The van der Waals surface area contributed by atoms with Crippen LogP contribution in [0.2, 0.25) is 0 Å². The van der Waals surface area contributed by atoms with E-state index in [-0.39, 0.29) is 11.8 Å². The highest BCUT2D eigenvalue weighted by Crippen LogP contribution is 2.08. The summed E-state index contributed by atoms with van der Waals surface area (Å²) in [6.45, 7) is 4.03. The molecule has 2 amide bonds. The Bertz CT molecular complexity index is 409. The zero-order chi connectivity index (χ0) is 12.3. The number of amides is 2. The van der Waals surface area contributed by atoms with E-state index in [9.17, 15) is 9.59 Å². The molecule has 17 heavy (non-hydrogen) atoms. The molecule has 1 saturated heterocycles. The molecule has 1 heterocycles. The molecule has 0 N–H and O–H groups in total. The van der Waals surface area contributed by atoms with Crippen LogP contribution in [0.4, 0.5) is 0 Å². The molecule has 0 atom stereocenters. The minimum atomic E-state index is 0.0298. The first-order valence-corrected chi connectivity index (χ1v) is 5.69. The topological polar surface area (TPSA) is 40.6 Å². The van der Waals surface area contributed by atoms with Gasteiger partial charge in [0.1, 0.15) is 0 Å². The van der Waals surface area contributed by atoms with Crippen LogP contribution in [0.15, 0.2) is 24.3 Å². The molecular weight excluding hydrogens is 216 g/mol. The first-order chi connectivity index (χ1) is 8.18. The van der Waals surface area contributed by atoms with Gasteiger partial charge in [-0.15, -0.1) is 0 Å². The smallest absolute Gasteiger partial charge is 0.253 e. The molecular formula is C13H15N2O2. The van der Waals surface area contributed by atoms with Gasteiger partial charge in [0, 0.05) is 38.7 Å². The van der Waals surface area contributed by atoms with Crippen LogP contribution >= 0.6 is 0 Å². The number of rotatable bonds is 1. The van der Waals surface area contributed by atoms with Gasteiger partial charge < -0.3 is 9.80 Å². The van der Waals surface area contributed by atoms with Crippen molar-refractivity contribution >= 4 is 11.8 Å². The molecule has 2 rings (SSSR count). The Kier molecular flexibility index (Phi) is 3.42. The Labute approximate surface area is 101 Å². The summed E-state index contributed by atoms with van der Waals surface area (Å²) in [6.07, 6.45) is 0. The van der Waals surface area contributed by atoms with Gasteiger partial charge in [-0.3, -0.25) is 9.59 Å². The summed E-state index contributed by atoms with van der Waals surface area (Å²) in [7, 11) is 0. The zero-order valence-electron chi connectivity index (χ0n) is 9.85. The number of hydrogen-bond acceptors (Lipinski definition) is 2. The van der Waals surface area contributed by atoms with E-state index in [0.29, 0.717) is 31.7 Å². The summed E-state index contributed by atoms with van der Waals surface area (Å²) in [5.41, 5.74) is 0.681. The van der Waals surface area contributed by atoms with E-state index in [2.05, 4.69) is 6.07 Å². The summed E-state index contributed by atoms with van der Waals surface area (Å²) in [5.74, 6) is 0.105. The van der Waals surface area contributed by atoms with Crippen molar-refractivity contribution in [2.45, 2.75) is 6.92 Å². The standard InChI is InChI=1S/C13H15N2O2/c1-11(16)14-7-9-15(10-8-14)13(17)12-5-3-2-4-6-12/h3-6H,7-10H2,1H3. The van der Waals surface area contributed by atoms with E-state index in [1.807, 2.05) is 0 Å². The van der Waals surface area contributed by atoms with Crippen LogP contribution < -0.4 is 0 Å². The number of carbonyl (C=O) groups excluding carboxylic acids is 2. The molecule has 0 aromatic heterocycles. The van der Waals surface area contributed by atoms with Crippen LogP contribution in [0, 0.1) is 6.07 Å². The van der Waals surface area contributed by atoms with E-state index in [1.165, 1.54) is 0 Å². The molecule has 0 aliphatic carbocycles. The van der Waals surface area contributed by atoms with Crippen LogP contribution in [-0.2, 0) is 4.79 Å². The molecule has 0 spiro atoms. The van der Waals surface area contributed by atoms with Gasteiger partial charge in [0.15, 0.2) is 0 Å². The van der Waals surface area contributed by atoms with Crippen molar-refractivity contribution in [2.75, 3.05) is 26.2 Å². The molecule has 1 aromatic carbocycles. The van der Waals surface area contributed by atoms with Crippen molar-refractivity contribution in [1.29, 1.82) is 0 Å². The van der Waals surface area contributed by atoms with E-state index >= 15 is 0 Å². The van der Waals surface area contributed by atoms with Crippen molar-refractivity contribution in [2.24, 2.45) is 0 Å². The molecule has 1 fully saturated rings. The highest BCUT2D eigenvalue weighted by atomic mass is 16.2. The summed E-state index contributed by atoms with van der Waals surface area (Å²) < 4.78 is 0. The van der Waals surface area contributed by atoms with Crippen LogP contribution in [0.1, 0.15) is 17.3 Å². The van der Waals surface area contributed by atoms with E-state index in [1.54, 1.807) is 41.0 Å². The largest absolute Gasteiger partial charge is 0.339 e. The predicted molar refractivity (Wildman–Crippen MR) is 63.4 cm³/mol. The molecule has 1 aliphatic rings. The lowest BCUT2D eigenvalue weighted by Gasteiger charge is -2.34. The third-order valence-electron chi connectivity index (χ3n) is 2.98. The average molecular weight is 231 g/mol. The van der Waals surface area contributed by atoms with Gasteiger partial charge in [-0.05, 0) is 18.2 Å². The molecule has 1 aliphatic heterocycles. The summed E-state index contributed by atoms with van der Waals surface area (Å²) in [6, 6.07) is 9.89. The van der Waals surface area contributed by atoms with Crippen LogP contribution in [0.3, 0.4) is 0 Å². The highest BCUT2D eigenvalue weighted by Gasteiger charge is 2.22. The number of nitrogens with zero attached hydrogens (tertiary/aromatic N) is 2. The maximum absolute atomic E-state index is 12.1. The van der Waals surface area contributed by atoms with Crippen LogP contribution in [0.25, 0.3) is 0 Å². The van der Waals surface area contributed by atoms with Crippen LogP contribution in [0.5, 0.6) is 0 Å². The Hall–Kier alpha value is -1.84. The third kappa shape index (κ3) is 2.64. The van der Waals surface area contributed by atoms with Gasteiger partial charge >= 0.3 is 0 Å². The van der Waals surface area contributed by atoms with E-state index in [0.717, 1.165) is 0 Å². The molecule has 1 radical (unpaired) electrons. The quantitative estimate of drug-likeness (QED) is 0.717. The second kappa shape index (κ2) is 4.99. The van der Waals surface area contributed by atoms with Crippen molar-refractivity contribution in [3.63, 3.8) is 0 Å². The summed E-state index contributed by atoms with van der Waals surface area (Å²) >= 11 is 0. The zero-order valence-corrected chi connectivity index (χ0v) is 9.85. The molecule has 0 saturated carbocycles. The minimum absolute atomic E-state index is 0.0298. The Morgan fingerprint density at radius 3 is 2.12 bits per heavy atom. The fourth-order valence-corrected chi connectivity index (χ4v) is 1.94. The van der Waals surface area contributed by atoms with E-state index in [4.69, 9.17) is 0 Å². The third-order valence-corrected chi connectivity index (χ3v) is 2.98. The van der Waals surface area contributed by atoms with Gasteiger partial charge in [0.2, 0.25) is 5.91 Å². The second-order valence-corrected chi connectivity index (χ2v) is 4.09. The normalized spacial score (nSPS) is 15.8. The first-order valence-electron chi connectivity index (χ1n) is 5.69. The molecule has 4 heteroatoms. The number of piperazine rings is 1. The fourth-order valence-electron chi connectivity index (χ4n) is 1.94. The van der Waals surface area contributed by atoms with Crippen molar-refractivity contribution in [3.05, 3.63) is 35.9 Å². The van der Waals surface area contributed by atoms with Crippen molar-refractivity contribution < 1.29 is 9.59 Å². The number of benzene rings is 1. The fraction of sp³-hybridized carbons (Fsp3) is 0.385. The predicted octanol–water partition coefficient (Wildman–Crippen LogP) is 0.791. The lowest BCUT2D eigenvalue weighted by molar-refractivity contribution is -0.130. The van der Waals surface area contributed by atoms with Gasteiger partial charge in [-0.25, -0.2) is 0 Å². The van der Waals surface area contributed by atoms with Gasteiger partial charge in [-0.2, -0.15) is 0 Å². The van der Waals surface area contributed by atoms with Crippen LogP contribution in [-0.4, -0.2) is 47.8 Å². The molecule has 4 nitrogen and oxygen atoms in total. The lowest BCUT2D eigenvalue weighted by atomic mass is 10.2. The Balaban J connectivity index is 1.98. The van der Waals surface area contributed by atoms with Gasteiger partial charge in [-0.1, -0.05) is 12.1 Å².